The van der Waals surface area contributed by atoms with Crippen LogP contribution in [0.25, 0.3) is 0 Å². The van der Waals surface area contributed by atoms with Crippen LogP contribution in [0.15, 0.2) is 36.4 Å². The Hall–Kier alpha value is -2.14. The fourth-order valence-corrected chi connectivity index (χ4v) is 1.87. The molecule has 1 atom stereocenters. The van der Waals surface area contributed by atoms with Crippen LogP contribution in [-0.4, -0.2) is 12.2 Å². The van der Waals surface area contributed by atoms with E-state index in [1.54, 1.807) is 25.1 Å². The molecule has 106 valence electrons. The first-order chi connectivity index (χ1) is 9.52. The Balaban J connectivity index is 2.40. The van der Waals surface area contributed by atoms with Crippen molar-refractivity contribution in [3.05, 3.63) is 53.6 Å². The zero-order chi connectivity index (χ0) is 14.7. The molecular formula is C15H14F2O3. The average molecular weight is 280 g/mol. The standard InChI is InChI=1S/C15H14F2O3/c1-9(18)15-13(19-2)4-3-5-14(15)20-10-6-7-11(16)12(17)8-10/h3-9,18H,1-2H3/t9-/m1/s1. The fourth-order valence-electron chi connectivity index (χ4n) is 1.87. The van der Waals surface area contributed by atoms with Crippen molar-refractivity contribution in [3.8, 4) is 17.2 Å². The van der Waals surface area contributed by atoms with Crippen molar-refractivity contribution in [2.24, 2.45) is 0 Å². The van der Waals surface area contributed by atoms with Crippen LogP contribution in [0.1, 0.15) is 18.6 Å². The van der Waals surface area contributed by atoms with Crippen LogP contribution in [0, 0.1) is 11.6 Å². The Bertz CT molecular complexity index is 612. The minimum atomic E-state index is -0.996. The van der Waals surface area contributed by atoms with Crippen LogP contribution in [0.3, 0.4) is 0 Å². The van der Waals surface area contributed by atoms with Crippen LogP contribution in [0.5, 0.6) is 17.2 Å². The van der Waals surface area contributed by atoms with Gasteiger partial charge in [0.05, 0.1) is 18.8 Å². The summed E-state index contributed by atoms with van der Waals surface area (Å²) in [4.78, 5) is 0. The Morgan fingerprint density at radius 1 is 1.05 bits per heavy atom. The molecule has 0 unspecified atom stereocenters. The number of hydrogen-bond donors (Lipinski definition) is 1. The smallest absolute Gasteiger partial charge is 0.162 e. The number of aliphatic hydroxyl groups is 1. The third-order valence-electron chi connectivity index (χ3n) is 2.78. The lowest BCUT2D eigenvalue weighted by Crippen LogP contribution is -2.00. The Morgan fingerprint density at radius 2 is 1.75 bits per heavy atom. The van der Waals surface area contributed by atoms with Crippen LogP contribution in [-0.2, 0) is 0 Å². The van der Waals surface area contributed by atoms with E-state index in [9.17, 15) is 13.9 Å². The van der Waals surface area contributed by atoms with E-state index in [2.05, 4.69) is 0 Å². The second-order valence-corrected chi connectivity index (χ2v) is 4.23. The molecule has 0 aliphatic carbocycles. The van der Waals surface area contributed by atoms with Gasteiger partial charge >= 0.3 is 0 Å². The van der Waals surface area contributed by atoms with Gasteiger partial charge in [-0.15, -0.1) is 0 Å². The number of rotatable bonds is 4. The van der Waals surface area contributed by atoms with Crippen LogP contribution < -0.4 is 9.47 Å². The minimum Gasteiger partial charge on any atom is -0.496 e. The van der Waals surface area contributed by atoms with E-state index in [1.165, 1.54) is 13.2 Å². The van der Waals surface area contributed by atoms with Crippen LogP contribution in [0.4, 0.5) is 8.78 Å². The third-order valence-corrected chi connectivity index (χ3v) is 2.78. The number of hydrogen-bond acceptors (Lipinski definition) is 3. The summed E-state index contributed by atoms with van der Waals surface area (Å²) in [7, 11) is 1.47. The largest absolute Gasteiger partial charge is 0.496 e. The second kappa shape index (κ2) is 5.88. The number of halogens is 2. The van der Waals surface area contributed by atoms with E-state index in [4.69, 9.17) is 9.47 Å². The molecule has 0 radical (unpaired) electrons. The van der Waals surface area contributed by atoms with E-state index < -0.39 is 17.7 Å². The Kier molecular flexibility index (Phi) is 4.20. The average Bonchev–Trinajstić information content (AvgIpc) is 2.42. The van der Waals surface area contributed by atoms with Gasteiger partial charge in [0.2, 0.25) is 0 Å². The summed E-state index contributed by atoms with van der Waals surface area (Å²) >= 11 is 0. The molecule has 5 heteroatoms. The van der Waals surface area contributed by atoms with E-state index in [0.29, 0.717) is 17.1 Å². The molecule has 20 heavy (non-hydrogen) atoms. The normalized spacial score (nSPS) is 12.1. The highest BCUT2D eigenvalue weighted by molar-refractivity contribution is 5.48. The lowest BCUT2D eigenvalue weighted by atomic mass is 10.1. The number of benzene rings is 2. The first kappa shape index (κ1) is 14.3. The maximum Gasteiger partial charge on any atom is 0.162 e. The van der Waals surface area contributed by atoms with Crippen molar-refractivity contribution >= 4 is 0 Å². The maximum atomic E-state index is 13.2. The first-order valence-corrected chi connectivity index (χ1v) is 6.00. The number of ether oxygens (including phenoxy) is 2. The molecule has 0 heterocycles. The highest BCUT2D eigenvalue weighted by Gasteiger charge is 2.16. The summed E-state index contributed by atoms with van der Waals surface area (Å²) in [6.07, 6.45) is -0.827. The summed E-state index contributed by atoms with van der Waals surface area (Å²) in [5, 5.41) is 9.80. The first-order valence-electron chi connectivity index (χ1n) is 6.00. The van der Waals surface area contributed by atoms with E-state index >= 15 is 0 Å². The minimum absolute atomic E-state index is 0.138. The molecule has 3 nitrogen and oxygen atoms in total. The highest BCUT2D eigenvalue weighted by atomic mass is 19.2. The summed E-state index contributed by atoms with van der Waals surface area (Å²) < 4.78 is 36.7. The molecule has 2 aromatic carbocycles. The fraction of sp³-hybridized carbons (Fsp3) is 0.200. The molecule has 0 saturated heterocycles. The number of aliphatic hydroxyl groups excluding tert-OH is 1. The van der Waals surface area contributed by atoms with Gasteiger partial charge in [-0.3, -0.25) is 0 Å². The van der Waals surface area contributed by atoms with Crippen molar-refractivity contribution in [2.45, 2.75) is 13.0 Å². The van der Waals surface area contributed by atoms with Gasteiger partial charge in [0.15, 0.2) is 11.6 Å². The van der Waals surface area contributed by atoms with Gasteiger partial charge in [-0.2, -0.15) is 0 Å². The SMILES string of the molecule is COc1cccc(Oc2ccc(F)c(F)c2)c1[C@@H](C)O. The highest BCUT2D eigenvalue weighted by Crippen LogP contribution is 2.36. The lowest BCUT2D eigenvalue weighted by molar-refractivity contribution is 0.190. The van der Waals surface area contributed by atoms with Gasteiger partial charge in [-0.05, 0) is 31.2 Å². The molecule has 0 fully saturated rings. The molecule has 0 aliphatic heterocycles. The predicted octanol–water partition coefficient (Wildman–Crippen LogP) is 3.82. The van der Waals surface area contributed by atoms with Crippen molar-refractivity contribution < 1.29 is 23.4 Å². The van der Waals surface area contributed by atoms with Gasteiger partial charge in [-0.1, -0.05) is 6.07 Å². The lowest BCUT2D eigenvalue weighted by Gasteiger charge is -2.16. The maximum absolute atomic E-state index is 13.2. The summed E-state index contributed by atoms with van der Waals surface area (Å²) in [6.45, 7) is 1.57. The van der Waals surface area contributed by atoms with Gasteiger partial charge in [-0.25, -0.2) is 8.78 Å². The van der Waals surface area contributed by atoms with E-state index in [-0.39, 0.29) is 5.75 Å². The van der Waals surface area contributed by atoms with Crippen molar-refractivity contribution in [1.29, 1.82) is 0 Å². The molecule has 0 aromatic heterocycles. The molecular weight excluding hydrogens is 266 g/mol. The third kappa shape index (κ3) is 2.88. The molecule has 0 spiro atoms. The molecule has 1 N–H and O–H groups in total. The van der Waals surface area contributed by atoms with Gasteiger partial charge in [0.25, 0.3) is 0 Å². The molecule has 2 rings (SSSR count). The second-order valence-electron chi connectivity index (χ2n) is 4.23. The zero-order valence-corrected chi connectivity index (χ0v) is 11.1. The molecule has 0 amide bonds. The van der Waals surface area contributed by atoms with Crippen molar-refractivity contribution in [3.63, 3.8) is 0 Å². The quantitative estimate of drug-likeness (QED) is 0.925. The van der Waals surface area contributed by atoms with Crippen LogP contribution >= 0.6 is 0 Å². The van der Waals surface area contributed by atoms with Crippen molar-refractivity contribution in [1.82, 2.24) is 0 Å². The summed E-state index contributed by atoms with van der Waals surface area (Å²) in [6, 6.07) is 8.21. The van der Waals surface area contributed by atoms with Gasteiger partial charge in [0, 0.05) is 6.07 Å². The van der Waals surface area contributed by atoms with Gasteiger partial charge in [0.1, 0.15) is 17.2 Å². The topological polar surface area (TPSA) is 38.7 Å². The van der Waals surface area contributed by atoms with E-state index in [0.717, 1.165) is 12.1 Å². The van der Waals surface area contributed by atoms with Gasteiger partial charge < -0.3 is 14.6 Å². The van der Waals surface area contributed by atoms with E-state index in [1.807, 2.05) is 0 Å². The number of methoxy groups -OCH3 is 1. The summed E-state index contributed by atoms with van der Waals surface area (Å²) in [5.41, 5.74) is 0.444. The zero-order valence-electron chi connectivity index (χ0n) is 11.1. The monoisotopic (exact) mass is 280 g/mol. The van der Waals surface area contributed by atoms with Crippen LogP contribution in [0.2, 0.25) is 0 Å². The predicted molar refractivity (Wildman–Crippen MR) is 70.1 cm³/mol. The van der Waals surface area contributed by atoms with Crippen molar-refractivity contribution in [2.75, 3.05) is 7.11 Å². The molecule has 0 aliphatic rings. The molecule has 2 aromatic rings. The molecule has 0 bridgehead atoms. The Labute approximate surface area is 115 Å². The summed E-state index contributed by atoms with van der Waals surface area (Å²) in [5.74, 6) is -1.02. The Morgan fingerprint density at radius 3 is 2.35 bits per heavy atom. The molecule has 0 saturated carbocycles.